The molecule has 8 heavy (non-hydrogen) atoms. The molecule has 0 aromatic rings. The van der Waals surface area contributed by atoms with Crippen LogP contribution in [-0.4, -0.2) is 17.9 Å². The van der Waals surface area contributed by atoms with Gasteiger partial charge >= 0.3 is 0 Å². The fourth-order valence-electron chi connectivity index (χ4n) is 0.477. The van der Waals surface area contributed by atoms with E-state index in [-0.39, 0.29) is 0 Å². The first-order valence-electron chi connectivity index (χ1n) is 2.83. The molecule has 2 N–H and O–H groups in total. The Morgan fingerprint density at radius 3 is 2.88 bits per heavy atom. The molecule has 0 aliphatic carbocycles. The molecule has 48 valence electrons. The molecule has 0 heterocycles. The summed E-state index contributed by atoms with van der Waals surface area (Å²) in [6.07, 6.45) is 1.90. The monoisotopic (exact) mass is 115 g/mol. The first-order valence-corrected chi connectivity index (χ1v) is 2.83. The van der Waals surface area contributed by atoms with E-state index in [4.69, 9.17) is 5.11 Å². The van der Waals surface area contributed by atoms with Gasteiger partial charge in [-0.1, -0.05) is 13.0 Å². The predicted octanol–water partition coefficient (Wildman–Crippen LogP) is 0.490. The molecule has 0 radical (unpaired) electrons. The van der Waals surface area contributed by atoms with Gasteiger partial charge in [0.15, 0.2) is 0 Å². The van der Waals surface area contributed by atoms with E-state index in [9.17, 15) is 0 Å². The molecular formula is C6H13NO. The second-order valence-corrected chi connectivity index (χ2v) is 1.60. The molecule has 0 aromatic carbocycles. The van der Waals surface area contributed by atoms with Crippen LogP contribution in [0.2, 0.25) is 0 Å². The number of nitrogens with one attached hydrogen (secondary N) is 1. The number of aliphatic hydroxyl groups excluding tert-OH is 1. The van der Waals surface area contributed by atoms with Gasteiger partial charge in [-0.25, -0.2) is 0 Å². The zero-order chi connectivity index (χ0) is 6.41. The van der Waals surface area contributed by atoms with Crippen molar-refractivity contribution in [1.82, 2.24) is 5.32 Å². The Balaban J connectivity index is 3.03. The molecule has 0 amide bonds. The molecular weight excluding hydrogens is 102 g/mol. The van der Waals surface area contributed by atoms with Crippen molar-refractivity contribution in [3.8, 4) is 0 Å². The van der Waals surface area contributed by atoms with Crippen LogP contribution in [0.3, 0.4) is 0 Å². The van der Waals surface area contributed by atoms with Crippen LogP contribution in [0.15, 0.2) is 12.7 Å². The van der Waals surface area contributed by atoms with Crippen molar-refractivity contribution >= 4 is 0 Å². The standard InChI is InChI=1S/C6H13NO/c1-3-5-6(8)7-4-2/h3,6-8H,1,4-5H2,2H3. The van der Waals surface area contributed by atoms with E-state index in [0.29, 0.717) is 6.42 Å². The highest BCUT2D eigenvalue weighted by Gasteiger charge is 1.93. The Bertz CT molecular complexity index is 63.5. The van der Waals surface area contributed by atoms with Gasteiger partial charge in [0.1, 0.15) is 6.23 Å². The molecule has 2 heteroatoms. The molecule has 2 nitrogen and oxygen atoms in total. The molecule has 1 atom stereocenters. The molecule has 0 aliphatic heterocycles. The highest BCUT2D eigenvalue weighted by Crippen LogP contribution is 1.84. The van der Waals surface area contributed by atoms with Crippen molar-refractivity contribution in [3.05, 3.63) is 12.7 Å². The third-order valence-electron chi connectivity index (χ3n) is 0.830. The number of rotatable bonds is 4. The van der Waals surface area contributed by atoms with E-state index in [1.807, 2.05) is 6.92 Å². The lowest BCUT2D eigenvalue weighted by Gasteiger charge is -2.06. The van der Waals surface area contributed by atoms with Gasteiger partial charge in [-0.15, -0.1) is 6.58 Å². The van der Waals surface area contributed by atoms with Crippen molar-refractivity contribution < 1.29 is 5.11 Å². The van der Waals surface area contributed by atoms with Crippen molar-refractivity contribution in [2.75, 3.05) is 6.54 Å². The number of hydrogen-bond donors (Lipinski definition) is 2. The van der Waals surface area contributed by atoms with Crippen molar-refractivity contribution in [3.63, 3.8) is 0 Å². The van der Waals surface area contributed by atoms with Gasteiger partial charge in [0, 0.05) is 6.42 Å². The first kappa shape index (κ1) is 7.66. The lowest BCUT2D eigenvalue weighted by Crippen LogP contribution is -2.27. The van der Waals surface area contributed by atoms with Crippen LogP contribution in [0.1, 0.15) is 13.3 Å². The smallest absolute Gasteiger partial charge is 0.108 e. The number of aliphatic hydroxyl groups is 1. The average molecular weight is 115 g/mol. The Kier molecular flexibility index (Phi) is 4.61. The van der Waals surface area contributed by atoms with Crippen molar-refractivity contribution in [2.24, 2.45) is 0 Å². The summed E-state index contributed by atoms with van der Waals surface area (Å²) in [7, 11) is 0. The highest BCUT2D eigenvalue weighted by molar-refractivity contribution is 4.69. The summed E-state index contributed by atoms with van der Waals surface area (Å²) in [4.78, 5) is 0. The van der Waals surface area contributed by atoms with Crippen LogP contribution >= 0.6 is 0 Å². The fourth-order valence-corrected chi connectivity index (χ4v) is 0.477. The summed E-state index contributed by atoms with van der Waals surface area (Å²) in [5.41, 5.74) is 0. The SMILES string of the molecule is C=CCC(O)NCC. The molecule has 0 spiro atoms. The van der Waals surface area contributed by atoms with Crippen LogP contribution in [-0.2, 0) is 0 Å². The summed E-state index contributed by atoms with van der Waals surface area (Å²) in [6, 6.07) is 0. The molecule has 1 unspecified atom stereocenters. The average Bonchev–Trinajstić information content (AvgIpc) is 1.68. The Labute approximate surface area is 50.2 Å². The van der Waals surface area contributed by atoms with E-state index >= 15 is 0 Å². The van der Waals surface area contributed by atoms with Crippen LogP contribution < -0.4 is 5.32 Å². The van der Waals surface area contributed by atoms with Gasteiger partial charge in [0.05, 0.1) is 0 Å². The molecule has 0 fully saturated rings. The van der Waals surface area contributed by atoms with Crippen molar-refractivity contribution in [1.29, 1.82) is 0 Å². The van der Waals surface area contributed by atoms with Crippen LogP contribution in [0, 0.1) is 0 Å². The van der Waals surface area contributed by atoms with Crippen LogP contribution in [0.4, 0.5) is 0 Å². The molecule has 0 saturated carbocycles. The molecule has 0 bridgehead atoms. The maximum absolute atomic E-state index is 8.87. The molecule has 0 saturated heterocycles. The second-order valence-electron chi connectivity index (χ2n) is 1.60. The summed E-state index contributed by atoms with van der Waals surface area (Å²) < 4.78 is 0. The fraction of sp³-hybridized carbons (Fsp3) is 0.667. The largest absolute Gasteiger partial charge is 0.378 e. The topological polar surface area (TPSA) is 32.3 Å². The lowest BCUT2D eigenvalue weighted by atomic mass is 10.4. The molecule has 0 aromatic heterocycles. The van der Waals surface area contributed by atoms with Gasteiger partial charge in [0.2, 0.25) is 0 Å². The second kappa shape index (κ2) is 4.81. The van der Waals surface area contributed by atoms with E-state index < -0.39 is 6.23 Å². The van der Waals surface area contributed by atoms with E-state index in [2.05, 4.69) is 11.9 Å². The van der Waals surface area contributed by atoms with Crippen LogP contribution in [0.5, 0.6) is 0 Å². The van der Waals surface area contributed by atoms with Gasteiger partial charge in [0.25, 0.3) is 0 Å². The minimum atomic E-state index is -0.405. The lowest BCUT2D eigenvalue weighted by molar-refractivity contribution is 0.143. The summed E-state index contributed by atoms with van der Waals surface area (Å²) in [5, 5.41) is 11.7. The van der Waals surface area contributed by atoms with Gasteiger partial charge < -0.3 is 5.11 Å². The molecule has 0 rings (SSSR count). The Hall–Kier alpha value is -0.340. The van der Waals surface area contributed by atoms with Crippen molar-refractivity contribution in [2.45, 2.75) is 19.6 Å². The summed E-state index contributed by atoms with van der Waals surface area (Å²) >= 11 is 0. The molecule has 0 aliphatic rings. The summed E-state index contributed by atoms with van der Waals surface area (Å²) in [6.45, 7) is 6.23. The van der Waals surface area contributed by atoms with E-state index in [0.717, 1.165) is 6.54 Å². The highest BCUT2D eigenvalue weighted by atomic mass is 16.3. The normalized spacial score (nSPS) is 13.2. The Morgan fingerprint density at radius 2 is 2.50 bits per heavy atom. The van der Waals surface area contributed by atoms with Crippen LogP contribution in [0.25, 0.3) is 0 Å². The maximum atomic E-state index is 8.87. The zero-order valence-corrected chi connectivity index (χ0v) is 5.22. The quantitative estimate of drug-likeness (QED) is 0.413. The summed E-state index contributed by atoms with van der Waals surface area (Å²) in [5.74, 6) is 0. The third kappa shape index (κ3) is 3.84. The first-order chi connectivity index (χ1) is 3.81. The van der Waals surface area contributed by atoms with Gasteiger partial charge in [-0.3, -0.25) is 5.32 Å². The maximum Gasteiger partial charge on any atom is 0.108 e. The third-order valence-corrected chi connectivity index (χ3v) is 0.830. The number of hydrogen-bond acceptors (Lipinski definition) is 2. The minimum absolute atomic E-state index is 0.405. The zero-order valence-electron chi connectivity index (χ0n) is 5.22. The van der Waals surface area contributed by atoms with Gasteiger partial charge in [-0.05, 0) is 6.54 Å². The van der Waals surface area contributed by atoms with Gasteiger partial charge in [-0.2, -0.15) is 0 Å². The van der Waals surface area contributed by atoms with E-state index in [1.54, 1.807) is 6.08 Å². The predicted molar refractivity (Wildman–Crippen MR) is 34.5 cm³/mol. The Morgan fingerprint density at radius 1 is 1.88 bits per heavy atom. The minimum Gasteiger partial charge on any atom is -0.378 e. The van der Waals surface area contributed by atoms with E-state index in [1.165, 1.54) is 0 Å².